The van der Waals surface area contributed by atoms with E-state index in [1.807, 2.05) is 37.3 Å². The van der Waals surface area contributed by atoms with Gasteiger partial charge in [0.15, 0.2) is 6.61 Å². The first-order valence-corrected chi connectivity index (χ1v) is 8.74. The van der Waals surface area contributed by atoms with E-state index in [0.29, 0.717) is 6.42 Å². The highest BCUT2D eigenvalue weighted by Gasteiger charge is 2.28. The third kappa shape index (κ3) is 8.44. The lowest BCUT2D eigenvalue weighted by Gasteiger charge is -2.32. The standard InChI is InChI=1S/C19H28N2O6/c1-6-12-21(20(5)17(23)27-19(2,3)4)18(24)26-14-16(22)25-13-15-10-8-7-9-11-15/h7-11H,6,12-14H2,1-5H3. The number of ether oxygens (including phenoxy) is 3. The van der Waals surface area contributed by atoms with Gasteiger partial charge in [0, 0.05) is 13.6 Å². The highest BCUT2D eigenvalue weighted by Crippen LogP contribution is 2.11. The molecule has 0 heterocycles. The lowest BCUT2D eigenvalue weighted by atomic mass is 10.2. The first-order valence-electron chi connectivity index (χ1n) is 8.74. The van der Waals surface area contributed by atoms with E-state index in [1.165, 1.54) is 7.05 Å². The van der Waals surface area contributed by atoms with Crippen LogP contribution in [0.2, 0.25) is 0 Å². The van der Waals surface area contributed by atoms with Crippen molar-refractivity contribution in [2.45, 2.75) is 46.3 Å². The monoisotopic (exact) mass is 380 g/mol. The third-order valence-electron chi connectivity index (χ3n) is 3.22. The highest BCUT2D eigenvalue weighted by molar-refractivity contribution is 5.77. The van der Waals surface area contributed by atoms with E-state index >= 15 is 0 Å². The lowest BCUT2D eigenvalue weighted by Crippen LogP contribution is -2.49. The Kier molecular flexibility index (Phi) is 8.58. The fourth-order valence-corrected chi connectivity index (χ4v) is 1.98. The summed E-state index contributed by atoms with van der Waals surface area (Å²) in [5, 5.41) is 2.12. The molecular formula is C19H28N2O6. The summed E-state index contributed by atoms with van der Waals surface area (Å²) < 4.78 is 15.3. The molecule has 0 radical (unpaired) electrons. The summed E-state index contributed by atoms with van der Waals surface area (Å²) in [6, 6.07) is 9.16. The molecule has 0 aliphatic rings. The zero-order valence-corrected chi connectivity index (χ0v) is 16.6. The van der Waals surface area contributed by atoms with Gasteiger partial charge >= 0.3 is 18.2 Å². The Morgan fingerprint density at radius 1 is 1.00 bits per heavy atom. The Balaban J connectivity index is 2.54. The summed E-state index contributed by atoms with van der Waals surface area (Å²) in [6.07, 6.45) is -0.942. The van der Waals surface area contributed by atoms with Crippen LogP contribution in [0.1, 0.15) is 39.7 Å². The van der Waals surface area contributed by atoms with Gasteiger partial charge in [-0.3, -0.25) is 0 Å². The normalized spacial score (nSPS) is 10.7. The van der Waals surface area contributed by atoms with E-state index < -0.39 is 30.4 Å². The van der Waals surface area contributed by atoms with Gasteiger partial charge in [-0.2, -0.15) is 0 Å². The Morgan fingerprint density at radius 2 is 1.63 bits per heavy atom. The van der Waals surface area contributed by atoms with Crippen LogP contribution in [0.3, 0.4) is 0 Å². The van der Waals surface area contributed by atoms with Crippen molar-refractivity contribution in [3.05, 3.63) is 35.9 Å². The maximum Gasteiger partial charge on any atom is 0.429 e. The number of benzene rings is 1. The zero-order chi connectivity index (χ0) is 20.4. The number of amides is 2. The van der Waals surface area contributed by atoms with Crippen LogP contribution in [-0.2, 0) is 25.6 Å². The van der Waals surface area contributed by atoms with Crippen molar-refractivity contribution in [1.82, 2.24) is 10.0 Å². The van der Waals surface area contributed by atoms with Crippen molar-refractivity contribution < 1.29 is 28.6 Å². The first-order chi connectivity index (χ1) is 12.6. The number of nitrogens with zero attached hydrogens (tertiary/aromatic N) is 2. The van der Waals surface area contributed by atoms with Crippen LogP contribution in [0.4, 0.5) is 9.59 Å². The van der Waals surface area contributed by atoms with Gasteiger partial charge in [0.05, 0.1) is 0 Å². The number of hydrazine groups is 1. The molecule has 2 amide bonds. The van der Waals surface area contributed by atoms with Crippen LogP contribution in [0, 0.1) is 0 Å². The topological polar surface area (TPSA) is 85.4 Å². The van der Waals surface area contributed by atoms with Crippen LogP contribution in [0.5, 0.6) is 0 Å². The minimum absolute atomic E-state index is 0.0910. The number of esters is 1. The summed E-state index contributed by atoms with van der Waals surface area (Å²) in [5.41, 5.74) is 0.128. The summed E-state index contributed by atoms with van der Waals surface area (Å²) >= 11 is 0. The molecule has 1 aromatic rings. The van der Waals surface area contributed by atoms with Crippen LogP contribution in [0.25, 0.3) is 0 Å². The largest absolute Gasteiger partial charge is 0.458 e. The molecule has 27 heavy (non-hydrogen) atoms. The second kappa shape index (κ2) is 10.4. The van der Waals surface area contributed by atoms with E-state index in [0.717, 1.165) is 15.6 Å². The molecule has 0 aromatic heterocycles. The van der Waals surface area contributed by atoms with Crippen LogP contribution >= 0.6 is 0 Å². The Bertz CT molecular complexity index is 627. The number of rotatable bonds is 6. The molecule has 8 heteroatoms. The van der Waals surface area contributed by atoms with Crippen LogP contribution in [0.15, 0.2) is 30.3 Å². The molecule has 0 atom stereocenters. The van der Waals surface area contributed by atoms with Crippen LogP contribution in [-0.4, -0.2) is 54.0 Å². The van der Waals surface area contributed by atoms with Crippen molar-refractivity contribution in [3.63, 3.8) is 0 Å². The van der Waals surface area contributed by atoms with Crippen molar-refractivity contribution in [3.8, 4) is 0 Å². The van der Waals surface area contributed by atoms with Gasteiger partial charge in [-0.05, 0) is 32.8 Å². The molecule has 0 spiro atoms. The minimum atomic E-state index is -0.832. The molecule has 1 rings (SSSR count). The molecule has 0 bridgehead atoms. The van der Waals surface area contributed by atoms with Gasteiger partial charge in [0.1, 0.15) is 12.2 Å². The second-order valence-corrected chi connectivity index (χ2v) is 6.83. The smallest absolute Gasteiger partial charge is 0.429 e. The molecule has 0 N–H and O–H groups in total. The first kappa shape index (κ1) is 22.3. The highest BCUT2D eigenvalue weighted by atomic mass is 16.6. The van der Waals surface area contributed by atoms with Crippen molar-refractivity contribution in [2.75, 3.05) is 20.2 Å². The Hall–Kier alpha value is -2.77. The van der Waals surface area contributed by atoms with Gasteiger partial charge < -0.3 is 14.2 Å². The summed E-state index contributed by atoms with van der Waals surface area (Å²) in [4.78, 5) is 36.2. The predicted octanol–water partition coefficient (Wildman–Crippen LogP) is 3.36. The fraction of sp³-hybridized carbons (Fsp3) is 0.526. The summed E-state index contributed by atoms with van der Waals surface area (Å²) in [7, 11) is 1.40. The molecule has 0 saturated carbocycles. The molecule has 0 unspecified atom stereocenters. The van der Waals surface area contributed by atoms with Crippen molar-refractivity contribution >= 4 is 18.2 Å². The molecular weight excluding hydrogens is 352 g/mol. The fourth-order valence-electron chi connectivity index (χ4n) is 1.98. The molecule has 0 saturated heterocycles. The average molecular weight is 380 g/mol. The van der Waals surface area contributed by atoms with Crippen LogP contribution < -0.4 is 0 Å². The van der Waals surface area contributed by atoms with Gasteiger partial charge in [0.25, 0.3) is 0 Å². The Morgan fingerprint density at radius 3 is 2.19 bits per heavy atom. The predicted molar refractivity (Wildman–Crippen MR) is 98.6 cm³/mol. The number of carbonyl (C=O) groups excluding carboxylic acids is 3. The van der Waals surface area contributed by atoms with E-state index in [1.54, 1.807) is 20.8 Å². The maximum absolute atomic E-state index is 12.3. The van der Waals surface area contributed by atoms with Gasteiger partial charge in [0.2, 0.25) is 0 Å². The molecule has 0 aliphatic carbocycles. The summed E-state index contributed by atoms with van der Waals surface area (Å²) in [6.45, 7) is 6.80. The van der Waals surface area contributed by atoms with E-state index in [-0.39, 0.29) is 13.2 Å². The quantitative estimate of drug-likeness (QED) is 0.427. The minimum Gasteiger partial charge on any atom is -0.458 e. The lowest BCUT2D eigenvalue weighted by molar-refractivity contribution is -0.149. The average Bonchev–Trinajstić information content (AvgIpc) is 2.61. The molecule has 0 aliphatic heterocycles. The summed E-state index contributed by atoms with van der Waals surface area (Å²) in [5.74, 6) is -0.677. The molecule has 1 aromatic carbocycles. The molecule has 150 valence electrons. The van der Waals surface area contributed by atoms with E-state index in [4.69, 9.17) is 14.2 Å². The maximum atomic E-state index is 12.3. The van der Waals surface area contributed by atoms with Crippen molar-refractivity contribution in [2.24, 2.45) is 0 Å². The third-order valence-corrected chi connectivity index (χ3v) is 3.22. The number of hydrogen-bond donors (Lipinski definition) is 0. The SMILES string of the molecule is CCCN(C(=O)OCC(=O)OCc1ccccc1)N(C)C(=O)OC(C)(C)C. The van der Waals surface area contributed by atoms with Crippen molar-refractivity contribution in [1.29, 1.82) is 0 Å². The zero-order valence-electron chi connectivity index (χ0n) is 16.6. The molecule has 0 fully saturated rings. The Labute approximate surface area is 159 Å². The van der Waals surface area contributed by atoms with E-state index in [9.17, 15) is 14.4 Å². The molecule has 8 nitrogen and oxygen atoms in total. The second-order valence-electron chi connectivity index (χ2n) is 6.83. The van der Waals surface area contributed by atoms with Gasteiger partial charge in [-0.15, -0.1) is 0 Å². The number of hydrogen-bond acceptors (Lipinski definition) is 6. The van der Waals surface area contributed by atoms with Gasteiger partial charge in [-0.1, -0.05) is 37.3 Å². The number of carbonyl (C=O) groups is 3. The van der Waals surface area contributed by atoms with Gasteiger partial charge in [-0.25, -0.2) is 24.4 Å². The van der Waals surface area contributed by atoms with E-state index in [2.05, 4.69) is 0 Å².